The van der Waals surface area contributed by atoms with Crippen molar-refractivity contribution in [2.45, 2.75) is 23.8 Å². The van der Waals surface area contributed by atoms with Gasteiger partial charge in [-0.3, -0.25) is 10.9 Å². The first-order valence-electron chi connectivity index (χ1n) is 8.29. The third-order valence-corrected chi connectivity index (χ3v) is 4.43. The van der Waals surface area contributed by atoms with E-state index in [1.54, 1.807) is 6.92 Å². The summed E-state index contributed by atoms with van der Waals surface area (Å²) in [5.41, 5.74) is 3.92. The second kappa shape index (κ2) is 10.5. The lowest BCUT2D eigenvalue weighted by atomic mass is 10.2. The number of hydrogen-bond donors (Lipinski definition) is 2. The number of aliphatic imine (C=N–C) groups is 1. The van der Waals surface area contributed by atoms with E-state index in [1.807, 2.05) is 0 Å². The summed E-state index contributed by atoms with van der Waals surface area (Å²) >= 11 is 6.25. The molecule has 2 N–H and O–H groups in total. The number of benzene rings is 2. The standard InChI is InChI=1S/C18H15ClF5N3O2S/c1-2-29-16(28)15(25-11-4-6-12(7-5-11)30-17(20)21)27-26-14-9-10(18(22,23)24)3-8-13(14)19/h3-9,17,26H,2H2,1H3,(H,25,27). The number of nitrogens with one attached hydrogen (secondary N) is 2. The molecule has 0 spiro atoms. The number of alkyl halides is 5. The van der Waals surface area contributed by atoms with Gasteiger partial charge in [-0.1, -0.05) is 23.4 Å². The van der Waals surface area contributed by atoms with Gasteiger partial charge in [-0.25, -0.2) is 9.79 Å². The van der Waals surface area contributed by atoms with Gasteiger partial charge in [-0.05, 0) is 49.4 Å². The minimum atomic E-state index is -4.59. The fourth-order valence-electron chi connectivity index (χ4n) is 2.08. The molecule has 0 saturated heterocycles. The molecule has 0 aliphatic carbocycles. The minimum absolute atomic E-state index is 0.0216. The summed E-state index contributed by atoms with van der Waals surface area (Å²) in [6.45, 7) is 1.58. The molecule has 2 aromatic rings. The summed E-state index contributed by atoms with van der Waals surface area (Å²) in [6.07, 6.45) is -4.59. The van der Waals surface area contributed by atoms with Crippen molar-refractivity contribution < 1.29 is 31.5 Å². The Kier molecular flexibility index (Phi) is 8.30. The summed E-state index contributed by atoms with van der Waals surface area (Å²) in [5.74, 6) is -3.85. The average Bonchev–Trinajstić information content (AvgIpc) is 2.66. The summed E-state index contributed by atoms with van der Waals surface area (Å²) in [5, 5.41) is -0.0351. The summed E-state index contributed by atoms with van der Waals surface area (Å²) in [4.78, 5) is 16.4. The number of halogens is 6. The van der Waals surface area contributed by atoms with Crippen molar-refractivity contribution in [3.8, 4) is 0 Å². The van der Waals surface area contributed by atoms with E-state index >= 15 is 0 Å². The van der Waals surface area contributed by atoms with E-state index in [-0.39, 0.29) is 28.8 Å². The second-order valence-corrected chi connectivity index (χ2v) is 6.97. The number of hydrazine groups is 1. The van der Waals surface area contributed by atoms with Gasteiger partial charge in [0.05, 0.1) is 28.6 Å². The summed E-state index contributed by atoms with van der Waals surface area (Å²) < 4.78 is 68.3. The fourth-order valence-corrected chi connectivity index (χ4v) is 2.74. The zero-order valence-electron chi connectivity index (χ0n) is 15.3. The summed E-state index contributed by atoms with van der Waals surface area (Å²) in [6, 6.07) is 8.17. The van der Waals surface area contributed by atoms with Crippen LogP contribution in [-0.2, 0) is 15.7 Å². The Morgan fingerprint density at radius 3 is 2.43 bits per heavy atom. The molecule has 5 nitrogen and oxygen atoms in total. The smallest absolute Gasteiger partial charge is 0.416 e. The first-order valence-corrected chi connectivity index (χ1v) is 9.55. The monoisotopic (exact) mass is 467 g/mol. The lowest BCUT2D eigenvalue weighted by molar-refractivity contribution is -0.137. The molecule has 0 aromatic heterocycles. The third-order valence-electron chi connectivity index (χ3n) is 3.38. The van der Waals surface area contributed by atoms with E-state index in [4.69, 9.17) is 16.3 Å². The molecule has 0 atom stereocenters. The van der Waals surface area contributed by atoms with Crippen LogP contribution in [0.1, 0.15) is 12.5 Å². The first kappa shape index (κ1) is 23.7. The number of carbonyl (C=O) groups excluding carboxylic acids is 1. The van der Waals surface area contributed by atoms with Gasteiger partial charge in [0.15, 0.2) is 0 Å². The number of rotatable bonds is 6. The molecule has 0 saturated carbocycles. The van der Waals surface area contributed by atoms with Crippen molar-refractivity contribution in [1.29, 1.82) is 0 Å². The molecule has 0 unspecified atom stereocenters. The van der Waals surface area contributed by atoms with Crippen molar-refractivity contribution in [3.63, 3.8) is 0 Å². The van der Waals surface area contributed by atoms with E-state index < -0.39 is 23.5 Å². The van der Waals surface area contributed by atoms with Gasteiger partial charge in [0.1, 0.15) is 0 Å². The molecule has 0 aliphatic rings. The Balaban J connectivity index is 2.24. The Morgan fingerprint density at radius 1 is 1.20 bits per heavy atom. The molecular weight excluding hydrogens is 453 g/mol. The Labute approximate surface area is 177 Å². The van der Waals surface area contributed by atoms with E-state index in [0.717, 1.165) is 18.2 Å². The predicted octanol–water partition coefficient (Wildman–Crippen LogP) is 5.88. The molecule has 0 radical (unpaired) electrons. The van der Waals surface area contributed by atoms with Gasteiger partial charge in [0.25, 0.3) is 5.76 Å². The van der Waals surface area contributed by atoms with Crippen LogP contribution in [0.4, 0.5) is 33.3 Å². The number of thioether (sulfide) groups is 1. The average molecular weight is 468 g/mol. The lowest BCUT2D eigenvalue weighted by Crippen LogP contribution is -2.37. The summed E-state index contributed by atoms with van der Waals surface area (Å²) in [7, 11) is 0. The Bertz CT molecular complexity index is 908. The van der Waals surface area contributed by atoms with Crippen molar-refractivity contribution in [2.75, 3.05) is 12.0 Å². The fraction of sp³-hybridized carbons (Fsp3) is 0.222. The number of esters is 1. The zero-order chi connectivity index (χ0) is 22.3. The van der Waals surface area contributed by atoms with E-state index in [1.165, 1.54) is 24.3 Å². The van der Waals surface area contributed by atoms with Gasteiger partial charge in [0, 0.05) is 4.90 Å². The molecule has 162 valence electrons. The number of ether oxygens (including phenoxy) is 1. The van der Waals surface area contributed by atoms with Crippen LogP contribution in [0.2, 0.25) is 5.02 Å². The van der Waals surface area contributed by atoms with Crippen molar-refractivity contribution in [3.05, 3.63) is 53.1 Å². The first-order chi connectivity index (χ1) is 14.1. The molecule has 0 fully saturated rings. The van der Waals surface area contributed by atoms with E-state index in [2.05, 4.69) is 15.8 Å². The van der Waals surface area contributed by atoms with Crippen LogP contribution >= 0.6 is 23.4 Å². The Hall–Kier alpha value is -2.53. The number of nitrogens with zero attached hydrogens (tertiary/aromatic N) is 1. The van der Waals surface area contributed by atoms with Gasteiger partial charge >= 0.3 is 12.1 Å². The van der Waals surface area contributed by atoms with Crippen molar-refractivity contribution in [1.82, 2.24) is 5.43 Å². The van der Waals surface area contributed by atoms with E-state index in [9.17, 15) is 26.7 Å². The highest BCUT2D eigenvalue weighted by atomic mass is 35.5. The van der Waals surface area contributed by atoms with Gasteiger partial charge in [-0.15, -0.1) is 0 Å². The maximum Gasteiger partial charge on any atom is 0.416 e. The number of hydrogen-bond acceptors (Lipinski definition) is 5. The molecule has 0 amide bonds. The van der Waals surface area contributed by atoms with Crippen molar-refractivity contribution in [2.24, 2.45) is 4.99 Å². The van der Waals surface area contributed by atoms with Crippen LogP contribution < -0.4 is 10.9 Å². The normalized spacial score (nSPS) is 12.1. The molecule has 2 aromatic carbocycles. The number of carbonyl (C=O) groups is 1. The molecule has 30 heavy (non-hydrogen) atoms. The van der Waals surface area contributed by atoms with E-state index in [0.29, 0.717) is 16.7 Å². The largest absolute Gasteiger partial charge is 0.460 e. The third kappa shape index (κ3) is 7.06. The van der Waals surface area contributed by atoms with Gasteiger partial charge in [-0.2, -0.15) is 22.0 Å². The highest BCUT2D eigenvalue weighted by molar-refractivity contribution is 7.99. The Morgan fingerprint density at radius 2 is 1.87 bits per heavy atom. The topological polar surface area (TPSA) is 62.7 Å². The number of anilines is 1. The molecule has 12 heteroatoms. The lowest BCUT2D eigenvalue weighted by Gasteiger charge is -2.14. The van der Waals surface area contributed by atoms with Crippen LogP contribution in [0.5, 0.6) is 0 Å². The highest BCUT2D eigenvalue weighted by Gasteiger charge is 2.31. The van der Waals surface area contributed by atoms with Crippen LogP contribution in [0.15, 0.2) is 52.4 Å². The van der Waals surface area contributed by atoms with Crippen LogP contribution in [0.25, 0.3) is 0 Å². The van der Waals surface area contributed by atoms with Crippen LogP contribution in [0.3, 0.4) is 0 Å². The van der Waals surface area contributed by atoms with Crippen molar-refractivity contribution >= 4 is 46.5 Å². The van der Waals surface area contributed by atoms with Gasteiger partial charge < -0.3 is 4.74 Å². The maximum absolute atomic E-state index is 12.9. The maximum atomic E-state index is 12.9. The predicted molar refractivity (Wildman–Crippen MR) is 105 cm³/mol. The number of amidine groups is 1. The zero-order valence-corrected chi connectivity index (χ0v) is 16.8. The quantitative estimate of drug-likeness (QED) is 0.139. The van der Waals surface area contributed by atoms with Gasteiger partial charge in [0.2, 0.25) is 5.84 Å². The molecular formula is C18H15ClF5N3O2S. The highest BCUT2D eigenvalue weighted by Crippen LogP contribution is 2.33. The minimum Gasteiger partial charge on any atom is -0.460 e. The SMILES string of the molecule is CCOC(=O)C(=Nc1ccc(SC(F)F)cc1)NNc1cc(C(F)(F)F)ccc1Cl. The van der Waals surface area contributed by atoms with Crippen LogP contribution in [-0.4, -0.2) is 24.2 Å². The molecule has 0 heterocycles. The molecule has 0 bridgehead atoms. The second-order valence-electron chi connectivity index (χ2n) is 5.50. The molecule has 2 rings (SSSR count). The van der Waals surface area contributed by atoms with Crippen LogP contribution in [0, 0.1) is 0 Å². The molecule has 0 aliphatic heterocycles.